The highest BCUT2D eigenvalue weighted by atomic mass is 19.1. The molecule has 5 aromatic rings. The van der Waals surface area contributed by atoms with Gasteiger partial charge < -0.3 is 0 Å². The van der Waals surface area contributed by atoms with E-state index in [1.165, 1.54) is 12.3 Å². The quantitative estimate of drug-likeness (QED) is 0.458. The number of hydrogen-bond acceptors (Lipinski definition) is 5. The van der Waals surface area contributed by atoms with Gasteiger partial charge in [-0.25, -0.2) is 9.37 Å². The molecular weight excluding hydrogens is 411 g/mol. The molecule has 2 N–H and O–H groups in total. The first kappa shape index (κ1) is 19.3. The zero-order valence-electron chi connectivity index (χ0n) is 16.5. The van der Waals surface area contributed by atoms with Crippen LogP contribution < -0.4 is 11.0 Å². The molecular formula is C23H15FN6O2. The van der Waals surface area contributed by atoms with Gasteiger partial charge in [0.15, 0.2) is 11.3 Å². The largest absolute Gasteiger partial charge is 0.298 e. The van der Waals surface area contributed by atoms with Gasteiger partial charge >= 0.3 is 0 Å². The Morgan fingerprint density at radius 1 is 1.00 bits per heavy atom. The molecule has 2 aromatic carbocycles. The summed E-state index contributed by atoms with van der Waals surface area (Å²) in [6, 6.07) is 18.2. The van der Waals surface area contributed by atoms with Crippen LogP contribution in [0, 0.1) is 5.82 Å². The van der Waals surface area contributed by atoms with Crippen LogP contribution in [0.5, 0.6) is 0 Å². The fourth-order valence-electron chi connectivity index (χ4n) is 3.35. The molecule has 0 aliphatic carbocycles. The molecule has 0 bridgehead atoms. The number of fused-ring (bicyclic) bond motifs is 1. The summed E-state index contributed by atoms with van der Waals surface area (Å²) in [5.74, 6) is -0.843. The van der Waals surface area contributed by atoms with Crippen LogP contribution in [0.15, 0.2) is 83.9 Å². The van der Waals surface area contributed by atoms with Gasteiger partial charge in [0.1, 0.15) is 17.0 Å². The van der Waals surface area contributed by atoms with Crippen molar-refractivity contribution in [2.75, 3.05) is 5.43 Å². The summed E-state index contributed by atoms with van der Waals surface area (Å²) in [4.78, 5) is 34.6. The summed E-state index contributed by atoms with van der Waals surface area (Å²) < 4.78 is 15.5. The molecule has 0 spiro atoms. The summed E-state index contributed by atoms with van der Waals surface area (Å²) in [6.45, 7) is 0. The maximum atomic E-state index is 14.4. The average molecular weight is 426 g/mol. The number of rotatable bonds is 4. The number of benzene rings is 2. The first-order valence-corrected chi connectivity index (χ1v) is 9.66. The van der Waals surface area contributed by atoms with E-state index in [1.807, 2.05) is 6.07 Å². The van der Waals surface area contributed by atoms with Gasteiger partial charge in [0.25, 0.3) is 11.5 Å². The van der Waals surface area contributed by atoms with Gasteiger partial charge in [-0.05, 0) is 24.3 Å². The fourth-order valence-corrected chi connectivity index (χ4v) is 3.35. The maximum Gasteiger partial charge on any atom is 0.298 e. The highest BCUT2D eigenvalue weighted by molar-refractivity contribution is 6.00. The minimum absolute atomic E-state index is 0.0365. The van der Waals surface area contributed by atoms with E-state index in [2.05, 4.69) is 25.6 Å². The highest BCUT2D eigenvalue weighted by Crippen LogP contribution is 2.27. The molecule has 0 saturated carbocycles. The normalized spacial score (nSPS) is 10.9. The lowest BCUT2D eigenvalue weighted by Gasteiger charge is -2.13. The van der Waals surface area contributed by atoms with Crippen LogP contribution in [0.4, 0.5) is 4.39 Å². The number of nitrogens with one attached hydrogen (secondary N) is 2. The summed E-state index contributed by atoms with van der Waals surface area (Å²) in [6.07, 6.45) is 2.93. The second-order valence-corrected chi connectivity index (χ2v) is 6.90. The van der Waals surface area contributed by atoms with E-state index in [4.69, 9.17) is 0 Å². The Balaban J connectivity index is 1.73. The Bertz CT molecular complexity index is 1500. The monoisotopic (exact) mass is 426 g/mol. The van der Waals surface area contributed by atoms with Crippen molar-refractivity contribution in [2.45, 2.75) is 0 Å². The lowest BCUT2D eigenvalue weighted by atomic mass is 10.1. The molecule has 0 aliphatic heterocycles. The number of halogens is 1. The van der Waals surface area contributed by atoms with Gasteiger partial charge in [0.05, 0.1) is 5.56 Å². The fraction of sp³-hybridized carbons (Fsp3) is 0. The number of hydrogen-bond donors (Lipinski definition) is 2. The van der Waals surface area contributed by atoms with Crippen LogP contribution in [0.3, 0.4) is 0 Å². The van der Waals surface area contributed by atoms with Crippen molar-refractivity contribution in [3.05, 3.63) is 101 Å². The van der Waals surface area contributed by atoms with E-state index in [-0.39, 0.29) is 33.7 Å². The number of amides is 1. The van der Waals surface area contributed by atoms with Crippen molar-refractivity contribution in [3.63, 3.8) is 0 Å². The van der Waals surface area contributed by atoms with Crippen molar-refractivity contribution < 1.29 is 9.18 Å². The molecule has 32 heavy (non-hydrogen) atoms. The highest BCUT2D eigenvalue weighted by Gasteiger charge is 2.21. The van der Waals surface area contributed by atoms with Crippen LogP contribution in [-0.2, 0) is 0 Å². The Kier molecular flexibility index (Phi) is 4.75. The summed E-state index contributed by atoms with van der Waals surface area (Å²) in [5, 5.41) is 6.78. The number of aromatic amines is 1. The summed E-state index contributed by atoms with van der Waals surface area (Å²) >= 11 is 0. The number of nitrogens with zero attached hydrogens (tertiary/aromatic N) is 4. The van der Waals surface area contributed by atoms with E-state index < -0.39 is 17.3 Å². The Morgan fingerprint density at radius 3 is 2.53 bits per heavy atom. The molecule has 5 rings (SSSR count). The molecule has 9 heteroatoms. The van der Waals surface area contributed by atoms with E-state index in [1.54, 1.807) is 60.8 Å². The number of pyridine rings is 1. The third kappa shape index (κ3) is 3.31. The molecule has 3 aromatic heterocycles. The van der Waals surface area contributed by atoms with Crippen LogP contribution >= 0.6 is 0 Å². The van der Waals surface area contributed by atoms with E-state index in [0.717, 1.165) is 4.68 Å². The molecule has 0 unspecified atom stereocenters. The second-order valence-electron chi connectivity index (χ2n) is 6.90. The van der Waals surface area contributed by atoms with Gasteiger partial charge in [-0.2, -0.15) is 9.77 Å². The Morgan fingerprint density at radius 2 is 1.78 bits per heavy atom. The molecule has 156 valence electrons. The topological polar surface area (TPSA) is 106 Å². The molecule has 0 fully saturated rings. The number of carbonyl (C=O) groups is 1. The number of H-pyrrole nitrogens is 1. The molecule has 8 nitrogen and oxygen atoms in total. The van der Waals surface area contributed by atoms with Gasteiger partial charge in [-0.3, -0.25) is 25.1 Å². The van der Waals surface area contributed by atoms with Gasteiger partial charge in [-0.1, -0.05) is 42.5 Å². The SMILES string of the molecule is O=C(Nn1c(-c2ccccc2)nc2c(-c3ccccc3F)n[nH]c2c1=O)c1cccnc1. The van der Waals surface area contributed by atoms with Crippen LogP contribution in [-0.4, -0.2) is 30.7 Å². The average Bonchev–Trinajstić information content (AvgIpc) is 3.26. The second kappa shape index (κ2) is 7.88. The van der Waals surface area contributed by atoms with Crippen LogP contribution in [0.2, 0.25) is 0 Å². The summed E-state index contributed by atoms with van der Waals surface area (Å²) in [5.41, 5.74) is 3.51. The molecule has 0 saturated heterocycles. The lowest BCUT2D eigenvalue weighted by molar-refractivity contribution is 0.101. The predicted molar refractivity (Wildman–Crippen MR) is 117 cm³/mol. The molecule has 1 amide bonds. The summed E-state index contributed by atoms with van der Waals surface area (Å²) in [7, 11) is 0. The van der Waals surface area contributed by atoms with Gasteiger partial charge in [0, 0.05) is 23.5 Å². The molecule has 0 atom stereocenters. The van der Waals surface area contributed by atoms with Gasteiger partial charge in [0.2, 0.25) is 0 Å². The minimum Gasteiger partial charge on any atom is -0.270 e. The van der Waals surface area contributed by atoms with Crippen molar-refractivity contribution >= 4 is 16.9 Å². The van der Waals surface area contributed by atoms with E-state index >= 15 is 0 Å². The number of aromatic nitrogens is 5. The zero-order valence-corrected chi connectivity index (χ0v) is 16.5. The first-order chi connectivity index (χ1) is 15.6. The van der Waals surface area contributed by atoms with Crippen molar-refractivity contribution in [1.82, 2.24) is 24.8 Å². The van der Waals surface area contributed by atoms with Crippen molar-refractivity contribution in [2.24, 2.45) is 0 Å². The van der Waals surface area contributed by atoms with Crippen LogP contribution in [0.1, 0.15) is 10.4 Å². The molecule has 0 aliphatic rings. The third-order valence-electron chi connectivity index (χ3n) is 4.89. The first-order valence-electron chi connectivity index (χ1n) is 9.66. The standard InChI is InChI=1S/C23H15FN6O2/c24-17-11-5-4-10-16(17)18-19-20(28-27-18)23(32)30(21(26-19)14-7-2-1-3-8-14)29-22(31)15-9-6-12-25-13-15/h1-13H,(H,27,28)(H,29,31). The lowest BCUT2D eigenvalue weighted by Crippen LogP contribution is -2.35. The third-order valence-corrected chi connectivity index (χ3v) is 4.89. The van der Waals surface area contributed by atoms with Crippen molar-refractivity contribution in [3.8, 4) is 22.6 Å². The predicted octanol–water partition coefficient (Wildman–Crippen LogP) is 3.37. The van der Waals surface area contributed by atoms with Crippen molar-refractivity contribution in [1.29, 1.82) is 0 Å². The zero-order chi connectivity index (χ0) is 22.1. The van der Waals surface area contributed by atoms with Gasteiger partial charge in [-0.15, -0.1) is 0 Å². The minimum atomic E-state index is -0.582. The van der Waals surface area contributed by atoms with E-state index in [9.17, 15) is 14.0 Å². The smallest absolute Gasteiger partial charge is 0.270 e. The van der Waals surface area contributed by atoms with E-state index in [0.29, 0.717) is 5.56 Å². The molecule has 3 heterocycles. The Labute approximate surface area is 180 Å². The maximum absolute atomic E-state index is 14.4. The Hall–Kier alpha value is -4.66. The number of carbonyl (C=O) groups excluding carboxylic acids is 1. The van der Waals surface area contributed by atoms with Crippen LogP contribution in [0.25, 0.3) is 33.7 Å². The molecule has 0 radical (unpaired) electrons.